The molecule has 21 nitrogen and oxygen atoms in total. The molecule has 0 unspecified atom stereocenters. The number of hydrogen-bond donors (Lipinski definition) is 0. The largest absolute Gasteiger partial charge is 0.453 e. The van der Waals surface area contributed by atoms with E-state index in [9.17, 15) is 4.39 Å². The normalized spacial score (nSPS) is 18.0. The molecule has 12 aromatic carbocycles. The first-order valence-electron chi connectivity index (χ1n) is 55.0. The molecule has 149 heavy (non-hydrogen) atoms. The van der Waals surface area contributed by atoms with Gasteiger partial charge >= 0.3 is 0 Å². The van der Waals surface area contributed by atoms with Crippen molar-refractivity contribution in [1.82, 2.24) is 58.8 Å². The first-order chi connectivity index (χ1) is 73.1. The summed E-state index contributed by atoms with van der Waals surface area (Å²) in [5, 5.41) is 1.56. The molecule has 0 saturated carbocycles. The molecule has 24 rings (SSSR count). The Morgan fingerprint density at radius 1 is 0.201 bits per heavy atom. The van der Waals surface area contributed by atoms with Crippen LogP contribution >= 0.6 is 55.1 Å². The Balaban J connectivity index is 0.000000112. The number of ether oxygens (including phenoxy) is 3. The van der Waals surface area contributed by atoms with Gasteiger partial charge < -0.3 is 73.0 Å². The number of fused-ring (bicyclic) bond motifs is 12. The number of halogens is 5. The first kappa shape index (κ1) is 107. The summed E-state index contributed by atoms with van der Waals surface area (Å²) in [5.74, 6) is 4.97. The highest BCUT2D eigenvalue weighted by molar-refractivity contribution is 9.10. The molecule has 0 bridgehead atoms. The molecule has 0 aromatic heterocycles. The third-order valence-corrected chi connectivity index (χ3v) is 33.5. The van der Waals surface area contributed by atoms with Gasteiger partial charge in [-0.25, -0.2) is 4.39 Å². The van der Waals surface area contributed by atoms with Crippen molar-refractivity contribution in [2.45, 2.75) is 60.8 Å². The van der Waals surface area contributed by atoms with Crippen LogP contribution in [0.5, 0.6) is 34.5 Å². The van der Waals surface area contributed by atoms with Crippen LogP contribution in [0.3, 0.4) is 0 Å². The highest BCUT2D eigenvalue weighted by Crippen LogP contribution is 2.52. The summed E-state index contributed by atoms with van der Waals surface area (Å²) in [4.78, 5) is 45.0. The van der Waals surface area contributed by atoms with Crippen LogP contribution in [0.1, 0.15) is 74.9 Å². The van der Waals surface area contributed by atoms with Gasteiger partial charge in [0.05, 0.1) is 34.1 Å². The maximum atomic E-state index is 13.8. The molecule has 12 aliphatic rings. The van der Waals surface area contributed by atoms with E-state index in [2.05, 4.69) is 319 Å². The van der Waals surface area contributed by atoms with Crippen molar-refractivity contribution in [2.75, 3.05) is 304 Å². The number of benzene rings is 12. The predicted octanol–water partition coefficient (Wildman–Crippen LogP) is 23.8. The Morgan fingerprint density at radius 2 is 0.403 bits per heavy atom. The van der Waals surface area contributed by atoms with E-state index in [-0.39, 0.29) is 5.82 Å². The fourth-order valence-corrected chi connectivity index (χ4v) is 23.9. The molecular formula is C123H151Br2Cl2FN18O3. The molecular weight excluding hydrogens is 2030 g/mol. The summed E-state index contributed by atoms with van der Waals surface area (Å²) >= 11 is 19.8. The van der Waals surface area contributed by atoms with Gasteiger partial charge in [0, 0.05) is 314 Å². The second-order valence-corrected chi connectivity index (χ2v) is 43.4. The van der Waals surface area contributed by atoms with Crippen LogP contribution in [0, 0.1) is 5.82 Å². The van der Waals surface area contributed by atoms with Crippen LogP contribution in [0.4, 0.5) is 72.6 Å². The van der Waals surface area contributed by atoms with Gasteiger partial charge in [0.25, 0.3) is 0 Å². The van der Waals surface area contributed by atoms with Crippen molar-refractivity contribution in [3.05, 3.63) is 319 Å². The maximum Gasteiger partial charge on any atom is 0.151 e. The summed E-state index contributed by atoms with van der Waals surface area (Å²) in [6.07, 6.45) is 3.08. The molecule has 26 heteroatoms. The van der Waals surface area contributed by atoms with Crippen LogP contribution in [0.15, 0.2) is 270 Å². The Morgan fingerprint density at radius 3 is 0.718 bits per heavy atom. The van der Waals surface area contributed by atoms with E-state index in [4.69, 9.17) is 37.4 Å². The highest BCUT2D eigenvalue weighted by Gasteiger charge is 2.34. The number of anilines is 12. The lowest BCUT2D eigenvalue weighted by Gasteiger charge is -2.38. The van der Waals surface area contributed by atoms with Crippen molar-refractivity contribution in [3.63, 3.8) is 0 Å². The topological polar surface area (TPSA) is 86.0 Å². The Kier molecular flexibility index (Phi) is 37.7. The molecule has 0 spiro atoms. The zero-order valence-corrected chi connectivity index (χ0v) is 93.0. The average molecular weight is 2180 g/mol. The van der Waals surface area contributed by atoms with E-state index in [1.807, 2.05) is 84.9 Å². The minimum absolute atomic E-state index is 0.233. The van der Waals surface area contributed by atoms with Crippen LogP contribution in [0.25, 0.3) is 0 Å². The number of piperazine rings is 6. The molecule has 786 valence electrons. The Labute approximate surface area is 912 Å². The standard InChI is InChI=1S/C21H26BrN3.C21H26ClN3.C21H27N3.C20H24BrN3O.C20H24ClN3O.C20H24FN3O/c2*1-2-23-9-11-24(12-10-23)13-14-25-20-6-4-3-5-17(20)15-18-7-8-19(22)16-21(18)25;1-2-22-11-13-23(14-12-22)15-16-24-20-9-5-3-7-18(20)17-19-8-4-6-10-21(19)24;3*1-2-22-9-11-23(12-10-22)13-14-24-17-5-3-4-6-19(17)25-20-8-7-16(21)15-18(20)24/h2*3-8,16H,2,9-15H2,1H3;3-10H,2,11-17H2,1H3;3*3-8,15H,2,9-14H2,1H3. The Bertz CT molecular complexity index is 5580. The van der Waals surface area contributed by atoms with Crippen LogP contribution in [0.2, 0.25) is 10.0 Å². The zero-order valence-electron chi connectivity index (χ0n) is 88.3. The zero-order chi connectivity index (χ0) is 102. The molecule has 0 N–H and O–H groups in total. The summed E-state index contributed by atoms with van der Waals surface area (Å²) in [7, 11) is 0. The minimum Gasteiger partial charge on any atom is -0.453 e. The van der Waals surface area contributed by atoms with Gasteiger partial charge in [0.2, 0.25) is 0 Å². The smallest absolute Gasteiger partial charge is 0.151 e. The predicted molar refractivity (Wildman–Crippen MR) is 625 cm³/mol. The van der Waals surface area contributed by atoms with E-state index in [0.29, 0.717) is 0 Å². The van der Waals surface area contributed by atoms with Crippen molar-refractivity contribution in [2.24, 2.45) is 0 Å². The second-order valence-electron chi connectivity index (χ2n) is 40.7. The molecule has 12 aromatic rings. The average Bonchev–Trinajstić information content (AvgIpc) is 0.804. The SMILES string of the molecule is CCN1CCN(CCN2c3ccccc3Cc3ccc(Br)cc32)CC1.CCN1CCN(CCN2c3ccccc3Cc3ccc(Cl)cc32)CC1.CCN1CCN(CCN2c3ccccc3Cc3ccccc32)CC1.CCN1CCN(CCN2c3ccccc3Oc3ccc(Br)cc32)CC1.CCN1CCN(CCN2c3ccccc3Oc3ccc(Cl)cc32)CC1.CCN1CCN(CCN2c3ccccc3Oc3ccc(F)cc32)CC1. The molecule has 0 amide bonds. The second kappa shape index (κ2) is 52.4. The van der Waals surface area contributed by atoms with Crippen molar-refractivity contribution in [3.8, 4) is 34.5 Å². The van der Waals surface area contributed by atoms with E-state index in [0.717, 1.165) is 257 Å². The van der Waals surface area contributed by atoms with Gasteiger partial charge in [-0.2, -0.15) is 0 Å². The van der Waals surface area contributed by atoms with Crippen LogP contribution in [-0.2, 0) is 19.3 Å². The number of rotatable bonds is 24. The quantitative estimate of drug-likeness (QED) is 0.0575. The molecule has 0 radical (unpaired) electrons. The van der Waals surface area contributed by atoms with Gasteiger partial charge in [-0.15, -0.1) is 0 Å². The van der Waals surface area contributed by atoms with E-state index >= 15 is 0 Å². The number of nitrogens with zero attached hydrogens (tertiary/aromatic N) is 18. The van der Waals surface area contributed by atoms with E-state index < -0.39 is 0 Å². The number of para-hydroxylation sites is 10. The minimum atomic E-state index is -0.233. The first-order valence-corrected chi connectivity index (χ1v) is 57.3. The van der Waals surface area contributed by atoms with Crippen LogP contribution < -0.4 is 43.6 Å². The van der Waals surface area contributed by atoms with Crippen LogP contribution in [-0.4, -0.2) is 334 Å². The number of likely N-dealkylation sites (N-methyl/N-ethyl adjacent to an activating group) is 6. The van der Waals surface area contributed by atoms with Crippen molar-refractivity contribution < 1.29 is 18.6 Å². The van der Waals surface area contributed by atoms with Crippen molar-refractivity contribution >= 4 is 123 Å². The monoisotopic (exact) mass is 2170 g/mol. The highest BCUT2D eigenvalue weighted by atomic mass is 79.9. The molecule has 0 aliphatic carbocycles. The van der Waals surface area contributed by atoms with Gasteiger partial charge in [0.15, 0.2) is 34.5 Å². The van der Waals surface area contributed by atoms with Gasteiger partial charge in [-0.3, -0.25) is 29.4 Å². The maximum absolute atomic E-state index is 13.8. The third-order valence-electron chi connectivity index (χ3n) is 32.0. The Hall–Kier alpha value is -10.2. The lowest BCUT2D eigenvalue weighted by molar-refractivity contribution is 0.140. The van der Waals surface area contributed by atoms with Crippen molar-refractivity contribution in [1.29, 1.82) is 0 Å². The molecule has 6 fully saturated rings. The molecule has 12 aliphatic heterocycles. The fourth-order valence-electron chi connectivity index (χ4n) is 22.9. The summed E-state index contributed by atoms with van der Waals surface area (Å²) < 4.78 is 34.2. The van der Waals surface area contributed by atoms with Gasteiger partial charge in [-0.05, 0) is 206 Å². The fraction of sp³-hybridized carbons (Fsp3) is 0.415. The van der Waals surface area contributed by atoms with Gasteiger partial charge in [-0.1, -0.05) is 218 Å². The molecule has 12 heterocycles. The summed E-state index contributed by atoms with van der Waals surface area (Å²) in [6, 6.07) is 89.8. The van der Waals surface area contributed by atoms with Gasteiger partial charge in [0.1, 0.15) is 5.82 Å². The molecule has 6 saturated heterocycles. The molecule has 0 atom stereocenters. The number of hydrogen-bond acceptors (Lipinski definition) is 21. The lowest BCUT2D eigenvalue weighted by Crippen LogP contribution is -2.48. The van der Waals surface area contributed by atoms with E-state index in [1.54, 1.807) is 12.1 Å². The van der Waals surface area contributed by atoms with E-state index in [1.165, 1.54) is 198 Å². The lowest BCUT2D eigenvalue weighted by atomic mass is 9.95. The summed E-state index contributed by atoms with van der Waals surface area (Å²) in [5.41, 5.74) is 23.0. The summed E-state index contributed by atoms with van der Waals surface area (Å²) in [6.45, 7) is 60.8. The third kappa shape index (κ3) is 27.2.